The Labute approximate surface area is 308 Å². The van der Waals surface area contributed by atoms with Crippen LogP contribution >= 0.6 is 34.7 Å². The lowest BCUT2D eigenvalue weighted by molar-refractivity contribution is -0.116. The van der Waals surface area contributed by atoms with E-state index in [-0.39, 0.29) is 11.6 Å². The fraction of sp³-hybridized carbons (Fsp3) is 0.0500. The Morgan fingerprint density at radius 3 is 2.22 bits per heavy atom. The Balaban J connectivity index is 1.16. The largest absolute Gasteiger partial charge is 0.497 e. The smallest absolute Gasteiger partial charge is 0.272 e. The van der Waals surface area contributed by atoms with E-state index < -0.39 is 17.1 Å². The number of carbonyl (C=O) groups excluding carboxylic acids is 3. The molecule has 51 heavy (non-hydrogen) atoms. The van der Waals surface area contributed by atoms with Gasteiger partial charge in [0.1, 0.15) is 16.7 Å². The minimum absolute atomic E-state index is 0.0442. The number of thioether (sulfide) groups is 1. The molecule has 0 aliphatic heterocycles. The number of halogens is 1. The van der Waals surface area contributed by atoms with Gasteiger partial charge in [0, 0.05) is 32.1 Å². The van der Waals surface area contributed by atoms with Gasteiger partial charge in [-0.2, -0.15) is 0 Å². The van der Waals surface area contributed by atoms with Crippen LogP contribution in [0.3, 0.4) is 0 Å². The van der Waals surface area contributed by atoms with E-state index in [0.717, 1.165) is 27.5 Å². The van der Waals surface area contributed by atoms with Gasteiger partial charge >= 0.3 is 0 Å². The maximum Gasteiger partial charge on any atom is 0.272 e. The molecule has 8 nitrogen and oxygen atoms in total. The second-order valence-electron chi connectivity index (χ2n) is 11.1. The van der Waals surface area contributed by atoms with Gasteiger partial charge in [-0.05, 0) is 90.0 Å². The third-order valence-electron chi connectivity index (χ3n) is 7.52. The number of nitrogens with one attached hydrogen (secondary N) is 3. The molecular weight excluding hydrogens is 700 g/mol. The number of hydrogen-bond donors (Lipinski definition) is 3. The van der Waals surface area contributed by atoms with Gasteiger partial charge in [-0.3, -0.25) is 14.4 Å². The van der Waals surface area contributed by atoms with E-state index in [0.29, 0.717) is 27.0 Å². The molecule has 6 rings (SSSR count). The lowest BCUT2D eigenvalue weighted by Gasteiger charge is -2.17. The zero-order valence-corrected chi connectivity index (χ0v) is 29.6. The number of carbonyl (C=O) groups is 3. The van der Waals surface area contributed by atoms with Crippen molar-refractivity contribution in [3.63, 3.8) is 0 Å². The summed E-state index contributed by atoms with van der Waals surface area (Å²) in [5, 5.41) is 10.9. The second kappa shape index (κ2) is 16.8. The molecule has 0 spiro atoms. The summed E-state index contributed by atoms with van der Waals surface area (Å²) in [7, 11) is 1.62. The minimum atomic E-state index is -0.583. The Morgan fingerprint density at radius 1 is 0.824 bits per heavy atom. The molecule has 1 aromatic heterocycles. The third kappa shape index (κ3) is 9.52. The molecule has 5 aromatic carbocycles. The van der Waals surface area contributed by atoms with Gasteiger partial charge in [0.05, 0.1) is 12.8 Å². The van der Waals surface area contributed by atoms with Crippen LogP contribution in [-0.2, 0) is 9.59 Å². The normalized spacial score (nSPS) is 11.7. The second-order valence-corrected chi connectivity index (χ2v) is 13.5. The monoisotopic (exact) mass is 730 g/mol. The van der Waals surface area contributed by atoms with E-state index >= 15 is 0 Å². The molecule has 0 saturated carbocycles. The van der Waals surface area contributed by atoms with E-state index in [1.165, 1.54) is 23.1 Å². The topological polar surface area (TPSA) is 109 Å². The molecule has 3 N–H and O–H groups in total. The first-order chi connectivity index (χ1) is 24.8. The number of amides is 3. The molecule has 0 bridgehead atoms. The van der Waals surface area contributed by atoms with Crippen LogP contribution in [-0.4, -0.2) is 29.8 Å². The summed E-state index contributed by atoms with van der Waals surface area (Å²) >= 11 is 8.90. The molecule has 1 unspecified atom stereocenters. The van der Waals surface area contributed by atoms with Crippen molar-refractivity contribution in [2.75, 3.05) is 17.7 Å². The van der Waals surface area contributed by atoms with Gasteiger partial charge in [-0.15, -0.1) is 23.1 Å². The lowest BCUT2D eigenvalue weighted by Crippen LogP contribution is -2.30. The molecule has 0 aliphatic carbocycles. The molecule has 1 atom stereocenters. The van der Waals surface area contributed by atoms with Crippen LogP contribution in [0.25, 0.3) is 17.3 Å². The summed E-state index contributed by atoms with van der Waals surface area (Å²) in [5.41, 5.74) is 4.10. The molecule has 11 heteroatoms. The molecule has 0 aliphatic rings. The fourth-order valence-electron chi connectivity index (χ4n) is 4.95. The predicted molar refractivity (Wildman–Crippen MR) is 206 cm³/mol. The van der Waals surface area contributed by atoms with E-state index in [1.807, 2.05) is 78.2 Å². The number of nitrogens with zero attached hydrogens (tertiary/aromatic N) is 1. The molecule has 3 amide bonds. The number of hydrogen-bond acceptors (Lipinski definition) is 7. The summed E-state index contributed by atoms with van der Waals surface area (Å²) in [5.74, 6) is -0.406. The fourth-order valence-corrected chi connectivity index (χ4v) is 6.90. The predicted octanol–water partition coefficient (Wildman–Crippen LogP) is 9.35. The van der Waals surface area contributed by atoms with Crippen LogP contribution < -0.4 is 20.7 Å². The highest BCUT2D eigenvalue weighted by Gasteiger charge is 2.24. The van der Waals surface area contributed by atoms with Crippen molar-refractivity contribution >= 4 is 69.3 Å². The summed E-state index contributed by atoms with van der Waals surface area (Å²) in [4.78, 5) is 45.6. The molecule has 0 fully saturated rings. The van der Waals surface area contributed by atoms with Gasteiger partial charge in [0.2, 0.25) is 5.91 Å². The van der Waals surface area contributed by atoms with Gasteiger partial charge in [0.25, 0.3) is 11.8 Å². The maximum absolute atomic E-state index is 13.7. The van der Waals surface area contributed by atoms with Gasteiger partial charge in [0.15, 0.2) is 5.13 Å². The summed E-state index contributed by atoms with van der Waals surface area (Å²) in [6.07, 6.45) is 1.57. The Bertz CT molecular complexity index is 2160. The molecule has 0 radical (unpaired) electrons. The quantitative estimate of drug-likeness (QED) is 0.0856. The van der Waals surface area contributed by atoms with Crippen molar-refractivity contribution < 1.29 is 19.1 Å². The minimum Gasteiger partial charge on any atom is -0.497 e. The molecule has 6 aromatic rings. The SMILES string of the molecule is COc1ccc(-c2csc(NC(=O)C(Sc3ccc(NC(=O)/C(=C/c4cccc(Cl)c4)NC(=O)c4ccccc4)cc3)c3ccccc3)n2)cc1. The van der Waals surface area contributed by atoms with Crippen LogP contribution in [0, 0.1) is 0 Å². The van der Waals surface area contributed by atoms with Crippen molar-refractivity contribution in [3.8, 4) is 17.0 Å². The van der Waals surface area contributed by atoms with Gasteiger partial charge in [-0.1, -0.05) is 72.3 Å². The van der Waals surface area contributed by atoms with E-state index in [2.05, 4.69) is 20.9 Å². The number of ether oxygens (including phenoxy) is 1. The highest BCUT2D eigenvalue weighted by atomic mass is 35.5. The zero-order valence-electron chi connectivity index (χ0n) is 27.2. The molecule has 0 saturated heterocycles. The summed E-state index contributed by atoms with van der Waals surface area (Å²) < 4.78 is 5.25. The van der Waals surface area contributed by atoms with E-state index in [1.54, 1.807) is 73.8 Å². The Hall–Kier alpha value is -5.68. The zero-order chi connectivity index (χ0) is 35.6. The van der Waals surface area contributed by atoms with Crippen LogP contribution in [0.5, 0.6) is 5.75 Å². The number of aromatic nitrogens is 1. The van der Waals surface area contributed by atoms with E-state index in [9.17, 15) is 14.4 Å². The standard InChI is InChI=1S/C40H31ClN4O4S2/c1-49-32-19-15-27(16-20-32)35-25-50-40(44-35)45-39(48)36(28-10-4-2-5-11-28)51-33-21-17-31(18-22-33)42-38(47)34(24-26-9-8-14-30(41)23-26)43-37(46)29-12-6-3-7-13-29/h2-25,36H,1H3,(H,42,47)(H,43,46)(H,44,45,48)/b34-24-. The first-order valence-electron chi connectivity index (χ1n) is 15.7. The van der Waals surface area contributed by atoms with Crippen molar-refractivity contribution in [1.29, 1.82) is 0 Å². The van der Waals surface area contributed by atoms with Crippen LogP contribution in [0.1, 0.15) is 26.7 Å². The van der Waals surface area contributed by atoms with E-state index in [4.69, 9.17) is 16.3 Å². The molecule has 1 heterocycles. The van der Waals surface area contributed by atoms with Crippen molar-refractivity contribution in [1.82, 2.24) is 10.3 Å². The summed E-state index contributed by atoms with van der Waals surface area (Å²) in [6, 6.07) is 39.9. The first kappa shape index (κ1) is 35.2. The third-order valence-corrected chi connectivity index (χ3v) is 9.77. The van der Waals surface area contributed by atoms with Gasteiger partial charge < -0.3 is 20.7 Å². The maximum atomic E-state index is 13.7. The average Bonchev–Trinajstić information content (AvgIpc) is 3.63. The highest BCUT2D eigenvalue weighted by Crippen LogP contribution is 2.37. The van der Waals surface area contributed by atoms with Crippen molar-refractivity contribution in [2.24, 2.45) is 0 Å². The van der Waals surface area contributed by atoms with Crippen LogP contribution in [0.15, 0.2) is 149 Å². The lowest BCUT2D eigenvalue weighted by atomic mass is 10.1. The first-order valence-corrected chi connectivity index (χ1v) is 17.9. The van der Waals surface area contributed by atoms with Crippen LogP contribution in [0.4, 0.5) is 10.8 Å². The van der Waals surface area contributed by atoms with Crippen molar-refractivity contribution in [3.05, 3.63) is 166 Å². The average molecular weight is 731 g/mol. The Kier molecular flexibility index (Phi) is 11.6. The van der Waals surface area contributed by atoms with Gasteiger partial charge in [-0.25, -0.2) is 4.98 Å². The molecule has 254 valence electrons. The van der Waals surface area contributed by atoms with Crippen LogP contribution in [0.2, 0.25) is 5.02 Å². The highest BCUT2D eigenvalue weighted by molar-refractivity contribution is 8.00. The number of anilines is 2. The number of rotatable bonds is 12. The number of methoxy groups -OCH3 is 1. The number of thiazole rings is 1. The van der Waals surface area contributed by atoms with Crippen molar-refractivity contribution in [2.45, 2.75) is 10.1 Å². The number of benzene rings is 5. The molecular formula is C40H31ClN4O4S2. The Morgan fingerprint density at radius 2 is 1.53 bits per heavy atom. The summed E-state index contributed by atoms with van der Waals surface area (Å²) in [6.45, 7) is 0.